The number of hydrogen-bond donors (Lipinski definition) is 2. The Morgan fingerprint density at radius 3 is 2.61 bits per heavy atom. The number of nitrogens with zero attached hydrogens (tertiary/aromatic N) is 2. The van der Waals surface area contributed by atoms with Crippen LogP contribution < -0.4 is 10.6 Å². The average molecular weight is 509 g/mol. The zero-order valence-corrected chi connectivity index (χ0v) is 18.0. The Bertz CT molecular complexity index is 613. The molecule has 0 aliphatic rings. The second-order valence-electron chi connectivity index (χ2n) is 4.80. The van der Waals surface area contributed by atoms with Crippen LogP contribution in [0.25, 0.3) is 0 Å². The second-order valence-corrected chi connectivity index (χ2v) is 6.92. The van der Waals surface area contributed by atoms with Gasteiger partial charge in [0.05, 0.1) is 5.01 Å². The van der Waals surface area contributed by atoms with Crippen molar-refractivity contribution in [2.75, 3.05) is 13.6 Å². The van der Waals surface area contributed by atoms with Gasteiger partial charge in [-0.2, -0.15) is 0 Å². The van der Waals surface area contributed by atoms with E-state index in [9.17, 15) is 0 Å². The minimum Gasteiger partial charge on any atom is -0.356 e. The van der Waals surface area contributed by atoms with Crippen molar-refractivity contribution >= 4 is 57.2 Å². The molecule has 2 N–H and O–H groups in total. The number of guanidine groups is 1. The monoisotopic (exact) mass is 508 g/mol. The van der Waals surface area contributed by atoms with E-state index in [1.807, 2.05) is 18.3 Å². The van der Waals surface area contributed by atoms with Gasteiger partial charge in [0, 0.05) is 42.1 Å². The molecule has 0 radical (unpaired) electrons. The maximum absolute atomic E-state index is 4.43. The summed E-state index contributed by atoms with van der Waals surface area (Å²) in [4.78, 5) is 10.0. The third-order valence-corrected chi connectivity index (χ3v) is 4.91. The SMILES string of the molecule is CCc1cnc(CCNC(=NC)NCc2ccc(Br)cc2)s1.I. The van der Waals surface area contributed by atoms with Crippen LogP contribution in [0.5, 0.6) is 0 Å². The van der Waals surface area contributed by atoms with E-state index in [0.29, 0.717) is 0 Å². The fourth-order valence-electron chi connectivity index (χ4n) is 1.92. The van der Waals surface area contributed by atoms with E-state index in [-0.39, 0.29) is 24.0 Å². The Hall–Kier alpha value is -0.670. The van der Waals surface area contributed by atoms with Gasteiger partial charge in [0.15, 0.2) is 5.96 Å². The number of aliphatic imine (C=N–C) groups is 1. The van der Waals surface area contributed by atoms with Crippen LogP contribution in [-0.2, 0) is 19.4 Å². The molecule has 0 bridgehead atoms. The van der Waals surface area contributed by atoms with Crippen molar-refractivity contribution in [3.63, 3.8) is 0 Å². The molecule has 23 heavy (non-hydrogen) atoms. The van der Waals surface area contributed by atoms with Gasteiger partial charge in [-0.3, -0.25) is 4.99 Å². The maximum atomic E-state index is 4.43. The van der Waals surface area contributed by atoms with Crippen molar-refractivity contribution in [3.8, 4) is 0 Å². The van der Waals surface area contributed by atoms with Gasteiger partial charge in [0.1, 0.15) is 0 Å². The van der Waals surface area contributed by atoms with Crippen LogP contribution in [0.15, 0.2) is 39.9 Å². The molecule has 7 heteroatoms. The van der Waals surface area contributed by atoms with Crippen LogP contribution in [0.4, 0.5) is 0 Å². The predicted octanol–water partition coefficient (Wildman–Crippen LogP) is 3.99. The minimum absolute atomic E-state index is 0. The highest BCUT2D eigenvalue weighted by Crippen LogP contribution is 2.13. The lowest BCUT2D eigenvalue weighted by atomic mass is 10.2. The highest BCUT2D eigenvalue weighted by Gasteiger charge is 2.02. The van der Waals surface area contributed by atoms with Crippen molar-refractivity contribution in [2.45, 2.75) is 26.3 Å². The summed E-state index contributed by atoms with van der Waals surface area (Å²) in [6.45, 7) is 3.74. The molecule has 0 aliphatic carbocycles. The quantitative estimate of drug-likeness (QED) is 0.352. The van der Waals surface area contributed by atoms with E-state index in [1.165, 1.54) is 15.4 Å². The summed E-state index contributed by atoms with van der Waals surface area (Å²) >= 11 is 5.23. The van der Waals surface area contributed by atoms with Gasteiger partial charge in [-0.15, -0.1) is 35.3 Å². The Morgan fingerprint density at radius 2 is 2.00 bits per heavy atom. The molecule has 126 valence electrons. The topological polar surface area (TPSA) is 49.3 Å². The highest BCUT2D eigenvalue weighted by atomic mass is 127. The van der Waals surface area contributed by atoms with Crippen molar-refractivity contribution in [3.05, 3.63) is 50.4 Å². The van der Waals surface area contributed by atoms with Crippen LogP contribution in [0.3, 0.4) is 0 Å². The lowest BCUT2D eigenvalue weighted by molar-refractivity contribution is 0.792. The molecule has 0 fully saturated rings. The van der Waals surface area contributed by atoms with Gasteiger partial charge in [0.2, 0.25) is 0 Å². The first-order valence-electron chi connectivity index (χ1n) is 7.33. The molecule has 0 amide bonds. The van der Waals surface area contributed by atoms with Gasteiger partial charge < -0.3 is 10.6 Å². The highest BCUT2D eigenvalue weighted by molar-refractivity contribution is 14.0. The second kappa shape index (κ2) is 11.0. The van der Waals surface area contributed by atoms with E-state index in [2.05, 4.69) is 55.6 Å². The number of rotatable bonds is 6. The minimum atomic E-state index is 0. The maximum Gasteiger partial charge on any atom is 0.191 e. The summed E-state index contributed by atoms with van der Waals surface area (Å²) in [5.74, 6) is 0.815. The lowest BCUT2D eigenvalue weighted by Crippen LogP contribution is -2.37. The zero-order valence-electron chi connectivity index (χ0n) is 13.3. The van der Waals surface area contributed by atoms with E-state index < -0.39 is 0 Å². The molecule has 2 rings (SSSR count). The first kappa shape index (κ1) is 20.4. The van der Waals surface area contributed by atoms with Gasteiger partial charge in [-0.05, 0) is 24.1 Å². The van der Waals surface area contributed by atoms with Crippen molar-refractivity contribution < 1.29 is 0 Å². The summed E-state index contributed by atoms with van der Waals surface area (Å²) < 4.78 is 1.09. The Kier molecular flexibility index (Phi) is 9.73. The smallest absolute Gasteiger partial charge is 0.191 e. The molecule has 0 spiro atoms. The van der Waals surface area contributed by atoms with Gasteiger partial charge in [-0.1, -0.05) is 35.0 Å². The largest absolute Gasteiger partial charge is 0.356 e. The summed E-state index contributed by atoms with van der Waals surface area (Å²) in [6, 6.07) is 8.26. The molecule has 0 atom stereocenters. The molecule has 0 saturated carbocycles. The molecule has 1 aromatic carbocycles. The number of aromatic nitrogens is 1. The number of nitrogens with one attached hydrogen (secondary N) is 2. The lowest BCUT2D eigenvalue weighted by Gasteiger charge is -2.11. The first-order chi connectivity index (χ1) is 10.7. The van der Waals surface area contributed by atoms with Gasteiger partial charge in [-0.25, -0.2) is 4.98 Å². The molecule has 0 saturated heterocycles. The van der Waals surface area contributed by atoms with E-state index in [1.54, 1.807) is 18.4 Å². The standard InChI is InChI=1S/C16H21BrN4S.HI/c1-3-14-11-20-15(22-14)8-9-19-16(18-2)21-10-12-4-6-13(17)7-5-12;/h4-7,11H,3,8-10H2,1-2H3,(H2,18,19,21);1H. The Balaban J connectivity index is 0.00000264. The Morgan fingerprint density at radius 1 is 1.26 bits per heavy atom. The summed E-state index contributed by atoms with van der Waals surface area (Å²) in [5, 5.41) is 7.81. The molecule has 0 aliphatic heterocycles. The predicted molar refractivity (Wildman–Crippen MR) is 113 cm³/mol. The van der Waals surface area contributed by atoms with Crippen molar-refractivity contribution in [2.24, 2.45) is 4.99 Å². The van der Waals surface area contributed by atoms with E-state index in [0.717, 1.165) is 36.4 Å². The summed E-state index contributed by atoms with van der Waals surface area (Å²) in [6.07, 6.45) is 3.95. The number of benzene rings is 1. The Labute approximate surface area is 167 Å². The average Bonchev–Trinajstić information content (AvgIpc) is 3.00. The normalized spacial score (nSPS) is 11.0. The van der Waals surface area contributed by atoms with Crippen LogP contribution in [0, 0.1) is 0 Å². The van der Waals surface area contributed by atoms with E-state index in [4.69, 9.17) is 0 Å². The summed E-state index contributed by atoms with van der Waals surface area (Å²) in [5.41, 5.74) is 1.22. The van der Waals surface area contributed by atoms with Crippen LogP contribution in [-0.4, -0.2) is 24.5 Å². The zero-order chi connectivity index (χ0) is 15.8. The number of hydrogen-bond acceptors (Lipinski definition) is 3. The first-order valence-corrected chi connectivity index (χ1v) is 8.94. The van der Waals surface area contributed by atoms with Crippen molar-refractivity contribution in [1.82, 2.24) is 15.6 Å². The van der Waals surface area contributed by atoms with Crippen LogP contribution >= 0.6 is 51.2 Å². The molecule has 1 heterocycles. The summed E-state index contributed by atoms with van der Waals surface area (Å²) in [7, 11) is 1.79. The van der Waals surface area contributed by atoms with Gasteiger partial charge >= 0.3 is 0 Å². The number of halogens is 2. The molecular formula is C16H22BrIN4S. The molecule has 2 aromatic rings. The number of aryl methyl sites for hydroxylation is 1. The molecule has 0 unspecified atom stereocenters. The molecular weight excluding hydrogens is 487 g/mol. The van der Waals surface area contributed by atoms with Crippen LogP contribution in [0.2, 0.25) is 0 Å². The molecule has 1 aromatic heterocycles. The fourth-order valence-corrected chi connectivity index (χ4v) is 3.05. The van der Waals surface area contributed by atoms with Crippen molar-refractivity contribution in [1.29, 1.82) is 0 Å². The fraction of sp³-hybridized carbons (Fsp3) is 0.375. The third kappa shape index (κ3) is 7.17. The molecule has 4 nitrogen and oxygen atoms in total. The third-order valence-electron chi connectivity index (χ3n) is 3.18. The van der Waals surface area contributed by atoms with E-state index >= 15 is 0 Å². The number of thiazole rings is 1. The van der Waals surface area contributed by atoms with Crippen LogP contribution in [0.1, 0.15) is 22.4 Å². The van der Waals surface area contributed by atoms with Gasteiger partial charge in [0.25, 0.3) is 0 Å².